The number of hydrogen-bond acceptors (Lipinski definition) is 2. The molecule has 0 saturated carbocycles. The second-order valence-electron chi connectivity index (χ2n) is 6.14. The quantitative estimate of drug-likeness (QED) is 0.779. The number of aromatic amines is 1. The van der Waals surface area contributed by atoms with E-state index in [4.69, 9.17) is 0 Å². The Morgan fingerprint density at radius 2 is 1.91 bits per heavy atom. The fraction of sp³-hybridized carbons (Fsp3) is 0.263. The first-order valence-corrected chi connectivity index (χ1v) is 7.87. The predicted molar refractivity (Wildman–Crippen MR) is 92.1 cm³/mol. The highest BCUT2D eigenvalue weighted by Crippen LogP contribution is 2.27. The Kier molecular flexibility index (Phi) is 3.35. The number of aromatic nitrogens is 1. The molecule has 0 fully saturated rings. The highest BCUT2D eigenvalue weighted by atomic mass is 15.2. The number of para-hydroxylation sites is 1. The zero-order valence-electron chi connectivity index (χ0n) is 12.9. The van der Waals surface area contributed by atoms with Gasteiger partial charge in [-0.1, -0.05) is 30.3 Å². The van der Waals surface area contributed by atoms with E-state index in [2.05, 4.69) is 70.4 Å². The molecule has 0 saturated heterocycles. The van der Waals surface area contributed by atoms with Crippen LogP contribution in [-0.4, -0.2) is 30.0 Å². The molecule has 0 unspecified atom stereocenters. The van der Waals surface area contributed by atoms with E-state index in [1.54, 1.807) is 0 Å². The van der Waals surface area contributed by atoms with Crippen molar-refractivity contribution >= 4 is 16.6 Å². The van der Waals surface area contributed by atoms with Crippen LogP contribution in [0.3, 0.4) is 0 Å². The Hall–Kier alpha value is -2.26. The molecule has 0 amide bonds. The van der Waals surface area contributed by atoms with Gasteiger partial charge in [0.1, 0.15) is 0 Å². The third-order valence-corrected chi connectivity index (χ3v) is 4.57. The van der Waals surface area contributed by atoms with Gasteiger partial charge in [0.05, 0.1) is 0 Å². The summed E-state index contributed by atoms with van der Waals surface area (Å²) in [6, 6.07) is 17.5. The minimum absolute atomic E-state index is 0.958. The van der Waals surface area contributed by atoms with Gasteiger partial charge < -0.3 is 14.8 Å². The maximum absolute atomic E-state index is 3.31. The number of likely N-dealkylation sites (N-methyl/N-ethyl adjacent to an activating group) is 1. The van der Waals surface area contributed by atoms with Gasteiger partial charge in [-0.25, -0.2) is 0 Å². The molecule has 3 nitrogen and oxygen atoms in total. The number of hydrogen-bond donors (Lipinski definition) is 1. The number of H-pyrrole nitrogens is 1. The highest BCUT2D eigenvalue weighted by molar-refractivity contribution is 5.83. The third kappa shape index (κ3) is 2.38. The van der Waals surface area contributed by atoms with Gasteiger partial charge in [0.2, 0.25) is 0 Å². The Morgan fingerprint density at radius 3 is 2.86 bits per heavy atom. The van der Waals surface area contributed by atoms with Gasteiger partial charge in [0.15, 0.2) is 0 Å². The first-order valence-electron chi connectivity index (χ1n) is 7.87. The molecule has 3 heteroatoms. The first kappa shape index (κ1) is 13.4. The van der Waals surface area contributed by atoms with Gasteiger partial charge in [0, 0.05) is 49.0 Å². The van der Waals surface area contributed by atoms with Crippen LogP contribution in [0, 0.1) is 0 Å². The maximum Gasteiger partial charge on any atom is 0.0457 e. The van der Waals surface area contributed by atoms with Crippen LogP contribution < -0.4 is 4.90 Å². The zero-order valence-corrected chi connectivity index (χ0v) is 12.9. The summed E-state index contributed by atoms with van der Waals surface area (Å²) >= 11 is 0. The van der Waals surface area contributed by atoms with Crippen molar-refractivity contribution in [2.24, 2.45) is 0 Å². The Balaban J connectivity index is 1.72. The monoisotopic (exact) mass is 291 g/mol. The molecular weight excluding hydrogens is 270 g/mol. The molecule has 0 aliphatic carbocycles. The lowest BCUT2D eigenvalue weighted by Crippen LogP contribution is -2.29. The summed E-state index contributed by atoms with van der Waals surface area (Å²) in [6.45, 7) is 4.15. The molecule has 4 rings (SSSR count). The number of nitrogens with one attached hydrogen (secondary N) is 1. The lowest BCUT2D eigenvalue weighted by molar-refractivity contribution is 0.341. The number of fused-ring (bicyclic) bond motifs is 2. The molecule has 1 aliphatic heterocycles. The summed E-state index contributed by atoms with van der Waals surface area (Å²) in [4.78, 5) is 8.22. The molecule has 1 aromatic heterocycles. The molecular formula is C19H21N3. The Labute approximate surface area is 131 Å². The number of benzene rings is 2. The SMILES string of the molecule is CN1CCN(Cc2cccc3[nH]ccc23)c2ccccc2C1. The molecule has 1 N–H and O–H groups in total. The summed E-state index contributed by atoms with van der Waals surface area (Å²) in [5, 5.41) is 1.33. The number of rotatable bonds is 2. The van der Waals surface area contributed by atoms with E-state index in [1.807, 2.05) is 6.20 Å². The second-order valence-corrected chi connectivity index (χ2v) is 6.14. The van der Waals surface area contributed by atoms with E-state index in [0.717, 1.165) is 26.2 Å². The van der Waals surface area contributed by atoms with E-state index < -0.39 is 0 Å². The standard InChI is InChI=1S/C19H21N3/c1-21-11-12-22(19-8-3-2-5-16(19)13-21)14-15-6-4-7-18-17(15)9-10-20-18/h2-10,20H,11-14H2,1H3. The molecule has 3 aromatic rings. The lowest BCUT2D eigenvalue weighted by Gasteiger charge is -2.25. The van der Waals surface area contributed by atoms with Crippen molar-refractivity contribution < 1.29 is 0 Å². The van der Waals surface area contributed by atoms with E-state index in [-0.39, 0.29) is 0 Å². The molecule has 0 spiro atoms. The van der Waals surface area contributed by atoms with E-state index in [1.165, 1.54) is 27.7 Å². The molecule has 0 bridgehead atoms. The van der Waals surface area contributed by atoms with Crippen molar-refractivity contribution in [3.63, 3.8) is 0 Å². The van der Waals surface area contributed by atoms with Crippen LogP contribution in [-0.2, 0) is 13.1 Å². The van der Waals surface area contributed by atoms with Gasteiger partial charge in [0.25, 0.3) is 0 Å². The van der Waals surface area contributed by atoms with Crippen LogP contribution in [0.15, 0.2) is 54.7 Å². The third-order valence-electron chi connectivity index (χ3n) is 4.57. The van der Waals surface area contributed by atoms with Crippen LogP contribution in [0.5, 0.6) is 0 Å². The Morgan fingerprint density at radius 1 is 1.00 bits per heavy atom. The largest absolute Gasteiger partial charge is 0.366 e. The highest BCUT2D eigenvalue weighted by Gasteiger charge is 2.18. The average molecular weight is 291 g/mol. The minimum atomic E-state index is 0.958. The van der Waals surface area contributed by atoms with E-state index >= 15 is 0 Å². The van der Waals surface area contributed by atoms with Crippen molar-refractivity contribution in [1.82, 2.24) is 9.88 Å². The summed E-state index contributed by atoms with van der Waals surface area (Å²) in [6.07, 6.45) is 2.03. The van der Waals surface area contributed by atoms with Crippen LogP contribution >= 0.6 is 0 Å². The van der Waals surface area contributed by atoms with Gasteiger partial charge in [-0.3, -0.25) is 0 Å². The smallest absolute Gasteiger partial charge is 0.0457 e. The average Bonchev–Trinajstić information content (AvgIpc) is 2.95. The normalized spacial score (nSPS) is 15.8. The van der Waals surface area contributed by atoms with E-state index in [9.17, 15) is 0 Å². The van der Waals surface area contributed by atoms with Gasteiger partial charge in [-0.2, -0.15) is 0 Å². The fourth-order valence-corrected chi connectivity index (χ4v) is 3.39. The van der Waals surface area contributed by atoms with Gasteiger partial charge in [-0.15, -0.1) is 0 Å². The molecule has 2 heterocycles. The lowest BCUT2D eigenvalue weighted by atomic mass is 10.1. The second kappa shape index (κ2) is 5.50. The van der Waals surface area contributed by atoms with Crippen molar-refractivity contribution in [3.05, 3.63) is 65.9 Å². The minimum Gasteiger partial charge on any atom is -0.366 e. The molecule has 1 aliphatic rings. The topological polar surface area (TPSA) is 22.3 Å². The van der Waals surface area contributed by atoms with E-state index in [0.29, 0.717) is 0 Å². The van der Waals surface area contributed by atoms with Crippen molar-refractivity contribution in [2.45, 2.75) is 13.1 Å². The molecule has 2 aromatic carbocycles. The predicted octanol–water partition coefficient (Wildman–Crippen LogP) is 3.62. The molecule has 0 atom stereocenters. The van der Waals surface area contributed by atoms with Gasteiger partial charge in [-0.05, 0) is 36.4 Å². The van der Waals surface area contributed by atoms with Crippen LogP contribution in [0.2, 0.25) is 0 Å². The maximum atomic E-state index is 3.31. The summed E-state index contributed by atoms with van der Waals surface area (Å²) in [7, 11) is 2.20. The first-order chi connectivity index (χ1) is 10.8. The van der Waals surface area contributed by atoms with Crippen LogP contribution in [0.25, 0.3) is 10.9 Å². The number of anilines is 1. The molecule has 22 heavy (non-hydrogen) atoms. The zero-order chi connectivity index (χ0) is 14.9. The summed E-state index contributed by atoms with van der Waals surface area (Å²) in [5.41, 5.74) is 5.40. The van der Waals surface area contributed by atoms with Crippen molar-refractivity contribution in [1.29, 1.82) is 0 Å². The van der Waals surface area contributed by atoms with Crippen LogP contribution in [0.1, 0.15) is 11.1 Å². The fourth-order valence-electron chi connectivity index (χ4n) is 3.39. The number of nitrogens with zero attached hydrogens (tertiary/aromatic N) is 2. The van der Waals surface area contributed by atoms with Crippen molar-refractivity contribution in [3.8, 4) is 0 Å². The molecule has 112 valence electrons. The van der Waals surface area contributed by atoms with Crippen molar-refractivity contribution in [2.75, 3.05) is 25.0 Å². The summed E-state index contributed by atoms with van der Waals surface area (Å²) in [5.74, 6) is 0. The summed E-state index contributed by atoms with van der Waals surface area (Å²) < 4.78 is 0. The van der Waals surface area contributed by atoms with Crippen LogP contribution in [0.4, 0.5) is 5.69 Å². The Bertz CT molecular complexity index is 790. The molecule has 0 radical (unpaired) electrons. The van der Waals surface area contributed by atoms with Gasteiger partial charge >= 0.3 is 0 Å².